The lowest BCUT2D eigenvalue weighted by Crippen LogP contribution is -2.38. The van der Waals surface area contributed by atoms with Crippen molar-refractivity contribution in [1.82, 2.24) is 19.9 Å². The molecule has 0 saturated carbocycles. The fraction of sp³-hybridized carbons (Fsp3) is 0.350. The molecule has 1 amide bonds. The second-order valence-corrected chi connectivity index (χ2v) is 7.03. The van der Waals surface area contributed by atoms with E-state index < -0.39 is 17.7 Å². The Labute approximate surface area is 166 Å². The van der Waals surface area contributed by atoms with Crippen LogP contribution in [0.1, 0.15) is 41.7 Å². The molecule has 9 heteroatoms. The number of hydrogen-bond acceptors (Lipinski definition) is 5. The molecule has 1 aliphatic rings. The lowest BCUT2D eigenvalue weighted by molar-refractivity contribution is 0.0697. The second-order valence-electron chi connectivity index (χ2n) is 7.03. The van der Waals surface area contributed by atoms with E-state index in [-0.39, 0.29) is 17.5 Å². The van der Waals surface area contributed by atoms with E-state index in [0.29, 0.717) is 30.2 Å². The third-order valence-corrected chi connectivity index (χ3v) is 4.96. The van der Waals surface area contributed by atoms with Crippen molar-refractivity contribution in [1.29, 1.82) is 0 Å². The molecule has 29 heavy (non-hydrogen) atoms. The van der Waals surface area contributed by atoms with Crippen LogP contribution in [0.4, 0.5) is 14.6 Å². The van der Waals surface area contributed by atoms with Gasteiger partial charge in [-0.2, -0.15) is 5.10 Å². The van der Waals surface area contributed by atoms with Gasteiger partial charge in [0.1, 0.15) is 23.0 Å². The van der Waals surface area contributed by atoms with Gasteiger partial charge in [0, 0.05) is 31.0 Å². The van der Waals surface area contributed by atoms with E-state index in [1.165, 1.54) is 10.7 Å². The van der Waals surface area contributed by atoms with Gasteiger partial charge in [-0.15, -0.1) is 0 Å². The number of ether oxygens (including phenoxy) is 1. The zero-order chi connectivity index (χ0) is 20.4. The predicted molar refractivity (Wildman–Crippen MR) is 103 cm³/mol. The van der Waals surface area contributed by atoms with Crippen molar-refractivity contribution in [3.63, 3.8) is 0 Å². The molecule has 3 aromatic rings. The Morgan fingerprint density at radius 3 is 2.86 bits per heavy atom. The average molecular weight is 401 g/mol. The lowest BCUT2D eigenvalue weighted by atomic mass is 10.1. The highest BCUT2D eigenvalue weighted by molar-refractivity contribution is 5.99. The third kappa shape index (κ3) is 4.19. The molecule has 1 fully saturated rings. The summed E-state index contributed by atoms with van der Waals surface area (Å²) in [6, 6.07) is 4.51. The number of halogens is 2. The Kier molecular flexibility index (Phi) is 5.39. The van der Waals surface area contributed by atoms with Crippen molar-refractivity contribution in [2.24, 2.45) is 0 Å². The van der Waals surface area contributed by atoms with Crippen LogP contribution in [-0.4, -0.2) is 39.8 Å². The summed E-state index contributed by atoms with van der Waals surface area (Å²) in [6.07, 6.45) is 4.66. The van der Waals surface area contributed by atoms with Crippen LogP contribution in [0.3, 0.4) is 0 Å². The van der Waals surface area contributed by atoms with Gasteiger partial charge in [-0.1, -0.05) is 0 Å². The number of nitrogens with zero attached hydrogens (tertiary/aromatic N) is 3. The summed E-state index contributed by atoms with van der Waals surface area (Å²) in [4.78, 5) is 17.1. The Balaban J connectivity index is 1.54. The minimum atomic E-state index is -0.525. The molecule has 0 radical (unpaired) electrons. The molecule has 1 aliphatic heterocycles. The maximum absolute atomic E-state index is 14.0. The first-order valence-corrected chi connectivity index (χ1v) is 9.46. The molecule has 0 aliphatic carbocycles. The Hall–Kier alpha value is -3.07. The summed E-state index contributed by atoms with van der Waals surface area (Å²) in [5.41, 5.74) is 0.925. The third-order valence-electron chi connectivity index (χ3n) is 4.96. The van der Waals surface area contributed by atoms with Crippen LogP contribution in [0.5, 0.6) is 0 Å². The van der Waals surface area contributed by atoms with E-state index in [1.54, 1.807) is 19.2 Å². The normalized spacial score (nSPS) is 16.0. The minimum Gasteiger partial charge on any atom is -0.381 e. The number of nitrogens with one attached hydrogen (secondary N) is 2. The Bertz CT molecular complexity index is 1030. The molecule has 1 saturated heterocycles. The maximum atomic E-state index is 14.0. The van der Waals surface area contributed by atoms with Crippen LogP contribution in [0.2, 0.25) is 0 Å². The molecule has 0 unspecified atom stereocenters. The second kappa shape index (κ2) is 8.12. The molecular weight excluding hydrogens is 380 g/mol. The molecule has 0 bridgehead atoms. The highest BCUT2D eigenvalue weighted by Gasteiger charge is 2.21. The van der Waals surface area contributed by atoms with Gasteiger partial charge in [0.05, 0.1) is 12.2 Å². The summed E-state index contributed by atoms with van der Waals surface area (Å²) in [5.74, 6) is -0.843. The molecule has 3 heterocycles. The summed E-state index contributed by atoms with van der Waals surface area (Å²) in [5, 5.41) is 10.2. The molecule has 1 aromatic carbocycles. The van der Waals surface area contributed by atoms with Gasteiger partial charge in [-0.05, 0) is 44.0 Å². The zero-order valence-corrected chi connectivity index (χ0v) is 15.9. The molecule has 2 N–H and O–H groups in total. The molecule has 152 valence electrons. The lowest BCUT2D eigenvalue weighted by Gasteiger charge is -2.22. The van der Waals surface area contributed by atoms with Gasteiger partial charge in [-0.3, -0.25) is 4.79 Å². The first kappa shape index (κ1) is 19.3. The minimum absolute atomic E-state index is 0.0588. The number of aromatic nitrogens is 3. The predicted octanol–water partition coefficient (Wildman–Crippen LogP) is 3.09. The number of rotatable bonds is 5. The Morgan fingerprint density at radius 1 is 1.28 bits per heavy atom. The number of carbonyl (C=O) groups is 1. The number of fused-ring (bicyclic) bond motifs is 1. The van der Waals surface area contributed by atoms with E-state index in [4.69, 9.17) is 4.74 Å². The van der Waals surface area contributed by atoms with E-state index in [1.807, 2.05) is 0 Å². The largest absolute Gasteiger partial charge is 0.381 e. The van der Waals surface area contributed by atoms with E-state index in [0.717, 1.165) is 31.0 Å². The first-order chi connectivity index (χ1) is 14.0. The monoisotopic (exact) mass is 401 g/mol. The number of carbonyl (C=O) groups excluding carboxylic acids is 1. The van der Waals surface area contributed by atoms with Gasteiger partial charge in [0.25, 0.3) is 5.91 Å². The number of anilines is 1. The topological polar surface area (TPSA) is 80.5 Å². The van der Waals surface area contributed by atoms with Gasteiger partial charge in [0.15, 0.2) is 5.65 Å². The summed E-state index contributed by atoms with van der Waals surface area (Å²) < 4.78 is 34.3. The maximum Gasteiger partial charge on any atom is 0.256 e. The smallest absolute Gasteiger partial charge is 0.256 e. The quantitative estimate of drug-likeness (QED) is 0.687. The van der Waals surface area contributed by atoms with E-state index >= 15 is 0 Å². The van der Waals surface area contributed by atoms with Crippen LogP contribution in [0.15, 0.2) is 36.7 Å². The highest BCUT2D eigenvalue weighted by atomic mass is 19.1. The van der Waals surface area contributed by atoms with Gasteiger partial charge < -0.3 is 15.4 Å². The van der Waals surface area contributed by atoms with Crippen LogP contribution >= 0.6 is 0 Å². The Morgan fingerprint density at radius 2 is 2.07 bits per heavy atom. The van der Waals surface area contributed by atoms with Crippen molar-refractivity contribution in [2.45, 2.75) is 31.8 Å². The van der Waals surface area contributed by atoms with Gasteiger partial charge in [0.2, 0.25) is 0 Å². The van der Waals surface area contributed by atoms with Crippen molar-refractivity contribution in [3.05, 3.63) is 59.4 Å². The van der Waals surface area contributed by atoms with Gasteiger partial charge in [-0.25, -0.2) is 18.3 Å². The SMILES string of the molecule is C[C@@H](Nc1ccn2ncc(C(=O)NC3CCOCC3)c2n1)c1cc(F)ccc1F. The van der Waals surface area contributed by atoms with Crippen LogP contribution in [0.25, 0.3) is 5.65 Å². The summed E-state index contributed by atoms with van der Waals surface area (Å²) in [7, 11) is 0. The van der Waals surface area contributed by atoms with Crippen LogP contribution in [-0.2, 0) is 4.74 Å². The number of benzene rings is 1. The molecular formula is C20H21F2N5O2. The molecule has 4 rings (SSSR count). The molecule has 0 spiro atoms. The standard InChI is InChI=1S/C20H21F2N5O2/c1-12(15-10-13(21)2-3-17(15)22)24-18-4-7-27-19(26-18)16(11-23-27)20(28)25-14-5-8-29-9-6-14/h2-4,7,10-12,14H,5-6,8-9H2,1H3,(H,24,26)(H,25,28)/t12-/m1/s1. The van der Waals surface area contributed by atoms with E-state index in [9.17, 15) is 13.6 Å². The number of hydrogen-bond donors (Lipinski definition) is 2. The van der Waals surface area contributed by atoms with Crippen LogP contribution < -0.4 is 10.6 Å². The van der Waals surface area contributed by atoms with Crippen LogP contribution in [0, 0.1) is 11.6 Å². The van der Waals surface area contributed by atoms with Crippen molar-refractivity contribution < 1.29 is 18.3 Å². The highest BCUT2D eigenvalue weighted by Crippen LogP contribution is 2.22. The first-order valence-electron chi connectivity index (χ1n) is 9.46. The van der Waals surface area contributed by atoms with Crippen molar-refractivity contribution in [2.75, 3.05) is 18.5 Å². The van der Waals surface area contributed by atoms with Crippen molar-refractivity contribution >= 4 is 17.4 Å². The fourth-order valence-corrected chi connectivity index (χ4v) is 3.36. The molecule has 1 atom stereocenters. The molecule has 2 aromatic heterocycles. The summed E-state index contributed by atoms with van der Waals surface area (Å²) in [6.45, 7) is 2.96. The zero-order valence-electron chi connectivity index (χ0n) is 15.9. The molecule has 7 nitrogen and oxygen atoms in total. The average Bonchev–Trinajstić information content (AvgIpc) is 3.14. The number of amides is 1. The van der Waals surface area contributed by atoms with Crippen molar-refractivity contribution in [3.8, 4) is 0 Å². The van der Waals surface area contributed by atoms with Gasteiger partial charge >= 0.3 is 0 Å². The fourth-order valence-electron chi connectivity index (χ4n) is 3.36. The summed E-state index contributed by atoms with van der Waals surface area (Å²) >= 11 is 0. The van der Waals surface area contributed by atoms with E-state index in [2.05, 4.69) is 20.7 Å².